The van der Waals surface area contributed by atoms with Gasteiger partial charge in [-0.2, -0.15) is 0 Å². The summed E-state index contributed by atoms with van der Waals surface area (Å²) >= 11 is 6.06. The molecule has 1 nitrogen and oxygen atoms in total. The van der Waals surface area contributed by atoms with Crippen LogP contribution in [0.25, 0.3) is 0 Å². The highest BCUT2D eigenvalue weighted by atomic mass is 35.5. The number of nitrogens with one attached hydrogen (secondary N) is 1. The molecule has 1 aromatic rings. The topological polar surface area (TPSA) is 12.0 Å². The fourth-order valence-electron chi connectivity index (χ4n) is 3.11. The zero-order chi connectivity index (χ0) is 13.0. The molecule has 18 heavy (non-hydrogen) atoms. The maximum atomic E-state index is 6.06. The molecule has 1 saturated carbocycles. The van der Waals surface area contributed by atoms with Crippen molar-refractivity contribution in [1.29, 1.82) is 0 Å². The first-order chi connectivity index (χ1) is 8.70. The van der Waals surface area contributed by atoms with Gasteiger partial charge in [0.25, 0.3) is 0 Å². The second-order valence-corrected chi connectivity index (χ2v) is 5.94. The Morgan fingerprint density at radius 3 is 2.83 bits per heavy atom. The summed E-state index contributed by atoms with van der Waals surface area (Å²) in [7, 11) is 0. The molecule has 2 rings (SSSR count). The van der Waals surface area contributed by atoms with Gasteiger partial charge >= 0.3 is 0 Å². The largest absolute Gasteiger partial charge is 0.307 e. The predicted octanol–water partition coefficient (Wildman–Crippen LogP) is 4.96. The van der Waals surface area contributed by atoms with E-state index in [2.05, 4.69) is 31.3 Å². The molecule has 1 aromatic carbocycles. The molecular formula is C16H24ClN. The number of benzene rings is 1. The standard InChI is InChI=1S/C16H24ClN/c1-3-13-7-4-5-10-16(13)18-12(2)14-8-6-9-15(17)11-14/h6,8-9,11-13,16,18H,3-5,7,10H2,1-2H3/t12-,13?,16?/m1/s1. The van der Waals surface area contributed by atoms with Crippen LogP contribution in [0.15, 0.2) is 24.3 Å². The Balaban J connectivity index is 1.99. The van der Waals surface area contributed by atoms with Gasteiger partial charge in [0.15, 0.2) is 0 Å². The summed E-state index contributed by atoms with van der Waals surface area (Å²) in [5, 5.41) is 4.64. The second-order valence-electron chi connectivity index (χ2n) is 5.50. The van der Waals surface area contributed by atoms with Gasteiger partial charge in [0, 0.05) is 17.1 Å². The summed E-state index contributed by atoms with van der Waals surface area (Å²) in [4.78, 5) is 0. The van der Waals surface area contributed by atoms with Gasteiger partial charge in [0.1, 0.15) is 0 Å². The van der Waals surface area contributed by atoms with E-state index < -0.39 is 0 Å². The maximum absolute atomic E-state index is 6.06. The smallest absolute Gasteiger partial charge is 0.0409 e. The van der Waals surface area contributed by atoms with Crippen LogP contribution in [-0.4, -0.2) is 6.04 Å². The zero-order valence-electron chi connectivity index (χ0n) is 11.5. The highest BCUT2D eigenvalue weighted by Crippen LogP contribution is 2.29. The first-order valence-electron chi connectivity index (χ1n) is 7.22. The van der Waals surface area contributed by atoms with Crippen molar-refractivity contribution >= 4 is 11.6 Å². The Kier molecular flexibility index (Phi) is 5.08. The monoisotopic (exact) mass is 265 g/mol. The van der Waals surface area contributed by atoms with Crippen LogP contribution in [0.2, 0.25) is 5.02 Å². The highest BCUT2D eigenvalue weighted by molar-refractivity contribution is 6.30. The molecule has 0 bridgehead atoms. The molecule has 0 aliphatic heterocycles. The van der Waals surface area contributed by atoms with Crippen LogP contribution < -0.4 is 5.32 Å². The molecule has 0 radical (unpaired) electrons. The molecule has 3 atom stereocenters. The average molecular weight is 266 g/mol. The molecule has 0 heterocycles. The van der Waals surface area contributed by atoms with E-state index in [9.17, 15) is 0 Å². The lowest BCUT2D eigenvalue weighted by molar-refractivity contribution is 0.240. The van der Waals surface area contributed by atoms with Crippen LogP contribution >= 0.6 is 11.6 Å². The minimum atomic E-state index is 0.390. The molecule has 100 valence electrons. The van der Waals surface area contributed by atoms with E-state index in [0.717, 1.165) is 10.9 Å². The fourth-order valence-corrected chi connectivity index (χ4v) is 3.31. The van der Waals surface area contributed by atoms with Gasteiger partial charge in [-0.05, 0) is 43.4 Å². The summed E-state index contributed by atoms with van der Waals surface area (Å²) in [6.45, 7) is 4.56. The van der Waals surface area contributed by atoms with Gasteiger partial charge in [0.2, 0.25) is 0 Å². The average Bonchev–Trinajstić information content (AvgIpc) is 2.39. The molecule has 1 N–H and O–H groups in total. The molecular weight excluding hydrogens is 242 g/mol. The van der Waals surface area contributed by atoms with E-state index in [1.807, 2.05) is 12.1 Å². The quantitative estimate of drug-likeness (QED) is 0.811. The molecule has 0 aromatic heterocycles. The Labute approximate surface area is 116 Å². The molecule has 0 saturated heterocycles. The van der Waals surface area contributed by atoms with Crippen molar-refractivity contribution < 1.29 is 0 Å². The predicted molar refractivity (Wildman–Crippen MR) is 79.0 cm³/mol. The molecule has 1 aliphatic rings. The molecule has 0 amide bonds. The third-order valence-electron chi connectivity index (χ3n) is 4.25. The van der Waals surface area contributed by atoms with Crippen molar-refractivity contribution in [1.82, 2.24) is 5.32 Å². The van der Waals surface area contributed by atoms with Gasteiger partial charge in [-0.1, -0.05) is 49.9 Å². The van der Waals surface area contributed by atoms with Gasteiger partial charge in [0.05, 0.1) is 0 Å². The minimum absolute atomic E-state index is 0.390. The van der Waals surface area contributed by atoms with Crippen LogP contribution in [0.5, 0.6) is 0 Å². The highest BCUT2D eigenvalue weighted by Gasteiger charge is 2.24. The number of hydrogen-bond donors (Lipinski definition) is 1. The second kappa shape index (κ2) is 6.58. The number of halogens is 1. The van der Waals surface area contributed by atoms with E-state index in [0.29, 0.717) is 12.1 Å². The van der Waals surface area contributed by atoms with Crippen LogP contribution in [0.1, 0.15) is 57.6 Å². The fraction of sp³-hybridized carbons (Fsp3) is 0.625. The lowest BCUT2D eigenvalue weighted by atomic mass is 9.82. The first-order valence-corrected chi connectivity index (χ1v) is 7.60. The summed E-state index contributed by atoms with van der Waals surface area (Å²) in [5.41, 5.74) is 1.29. The van der Waals surface area contributed by atoms with Crippen LogP contribution in [0.3, 0.4) is 0 Å². The van der Waals surface area contributed by atoms with Gasteiger partial charge < -0.3 is 5.32 Å². The lowest BCUT2D eigenvalue weighted by Crippen LogP contribution is -2.39. The van der Waals surface area contributed by atoms with Crippen LogP contribution in [0, 0.1) is 5.92 Å². The Hall–Kier alpha value is -0.530. The molecule has 2 unspecified atom stereocenters. The van der Waals surface area contributed by atoms with Gasteiger partial charge in [-0.15, -0.1) is 0 Å². The van der Waals surface area contributed by atoms with Crippen molar-refractivity contribution in [2.24, 2.45) is 5.92 Å². The number of rotatable bonds is 4. The SMILES string of the molecule is CCC1CCCCC1N[C@H](C)c1cccc(Cl)c1. The summed E-state index contributed by atoms with van der Waals surface area (Å²) in [5.74, 6) is 0.848. The van der Waals surface area contributed by atoms with E-state index >= 15 is 0 Å². The van der Waals surface area contributed by atoms with Crippen molar-refractivity contribution in [3.8, 4) is 0 Å². The Morgan fingerprint density at radius 2 is 2.11 bits per heavy atom. The van der Waals surface area contributed by atoms with Gasteiger partial charge in [-0.3, -0.25) is 0 Å². The van der Waals surface area contributed by atoms with E-state index in [1.54, 1.807) is 0 Å². The van der Waals surface area contributed by atoms with Crippen molar-refractivity contribution in [3.63, 3.8) is 0 Å². The zero-order valence-corrected chi connectivity index (χ0v) is 12.2. The molecule has 1 aliphatic carbocycles. The third-order valence-corrected chi connectivity index (χ3v) is 4.48. The third kappa shape index (κ3) is 3.49. The van der Waals surface area contributed by atoms with Crippen molar-refractivity contribution in [3.05, 3.63) is 34.9 Å². The van der Waals surface area contributed by atoms with E-state index in [-0.39, 0.29) is 0 Å². The van der Waals surface area contributed by atoms with Crippen LogP contribution in [0.4, 0.5) is 0 Å². The molecule has 1 fully saturated rings. The Morgan fingerprint density at radius 1 is 1.33 bits per heavy atom. The van der Waals surface area contributed by atoms with E-state index in [1.165, 1.54) is 37.7 Å². The summed E-state index contributed by atoms with van der Waals surface area (Å²) in [6, 6.07) is 9.27. The lowest BCUT2D eigenvalue weighted by Gasteiger charge is -2.34. The van der Waals surface area contributed by atoms with Crippen LogP contribution in [-0.2, 0) is 0 Å². The van der Waals surface area contributed by atoms with Crippen molar-refractivity contribution in [2.75, 3.05) is 0 Å². The first kappa shape index (κ1) is 13.9. The summed E-state index contributed by atoms with van der Waals surface area (Å²) < 4.78 is 0. The molecule has 2 heteroatoms. The Bertz CT molecular complexity index is 377. The maximum Gasteiger partial charge on any atom is 0.0409 e. The van der Waals surface area contributed by atoms with Crippen molar-refractivity contribution in [2.45, 2.75) is 58.0 Å². The molecule has 0 spiro atoms. The minimum Gasteiger partial charge on any atom is -0.307 e. The van der Waals surface area contributed by atoms with E-state index in [4.69, 9.17) is 11.6 Å². The summed E-state index contributed by atoms with van der Waals surface area (Å²) in [6.07, 6.45) is 6.78. The normalized spacial score (nSPS) is 25.9. The number of hydrogen-bond acceptors (Lipinski definition) is 1. The van der Waals surface area contributed by atoms with Gasteiger partial charge in [-0.25, -0.2) is 0 Å².